The fourth-order valence-electron chi connectivity index (χ4n) is 1.29. The van der Waals surface area contributed by atoms with Crippen molar-refractivity contribution < 1.29 is 4.74 Å². The fraction of sp³-hybridized carbons (Fsp3) is 0.538. The minimum Gasteiger partial charge on any atom is -0.380 e. The number of rotatable bonds is 9. The van der Waals surface area contributed by atoms with Crippen LogP contribution in [-0.2, 0) is 11.2 Å². The number of hydrogen-bond donors (Lipinski definition) is 1. The van der Waals surface area contributed by atoms with E-state index in [1.54, 1.807) is 11.3 Å². The summed E-state index contributed by atoms with van der Waals surface area (Å²) in [7, 11) is 0. The molecule has 1 aromatic rings. The molecular weight excluding hydrogens is 218 g/mol. The fourth-order valence-corrected chi connectivity index (χ4v) is 1.99. The Hall–Kier alpha value is -0.640. The first kappa shape index (κ1) is 13.4. The molecule has 1 N–H and O–H groups in total. The molecule has 90 valence electrons. The van der Waals surface area contributed by atoms with Gasteiger partial charge in [0.15, 0.2) is 0 Å². The smallest absolute Gasteiger partial charge is 0.0591 e. The van der Waals surface area contributed by atoms with Gasteiger partial charge in [0, 0.05) is 6.54 Å². The SMILES string of the molecule is C=C(C)CCOCCNCCc1ccsc1. The van der Waals surface area contributed by atoms with Crippen molar-refractivity contribution in [2.75, 3.05) is 26.3 Å². The Balaban J connectivity index is 1.83. The molecule has 3 heteroatoms. The zero-order valence-corrected chi connectivity index (χ0v) is 10.8. The highest BCUT2D eigenvalue weighted by Gasteiger charge is 1.93. The lowest BCUT2D eigenvalue weighted by Crippen LogP contribution is -2.22. The van der Waals surface area contributed by atoms with Gasteiger partial charge in [0.1, 0.15) is 0 Å². The van der Waals surface area contributed by atoms with E-state index in [4.69, 9.17) is 4.74 Å². The summed E-state index contributed by atoms with van der Waals surface area (Å²) >= 11 is 1.76. The lowest BCUT2D eigenvalue weighted by atomic mass is 10.2. The molecule has 2 nitrogen and oxygen atoms in total. The Morgan fingerprint density at radius 3 is 3.00 bits per heavy atom. The molecule has 16 heavy (non-hydrogen) atoms. The molecule has 0 saturated heterocycles. The van der Waals surface area contributed by atoms with Gasteiger partial charge in [-0.15, -0.1) is 6.58 Å². The highest BCUT2D eigenvalue weighted by atomic mass is 32.1. The second kappa shape index (κ2) is 8.50. The van der Waals surface area contributed by atoms with Crippen LogP contribution in [0.2, 0.25) is 0 Å². The van der Waals surface area contributed by atoms with Crippen molar-refractivity contribution >= 4 is 11.3 Å². The van der Waals surface area contributed by atoms with Crippen molar-refractivity contribution in [1.82, 2.24) is 5.32 Å². The minimum atomic E-state index is 0.789. The van der Waals surface area contributed by atoms with Crippen LogP contribution in [0.5, 0.6) is 0 Å². The molecule has 0 atom stereocenters. The van der Waals surface area contributed by atoms with Crippen LogP contribution in [0.1, 0.15) is 18.9 Å². The average Bonchev–Trinajstić information content (AvgIpc) is 2.74. The highest BCUT2D eigenvalue weighted by Crippen LogP contribution is 2.05. The average molecular weight is 239 g/mol. The van der Waals surface area contributed by atoms with Crippen LogP contribution in [0.25, 0.3) is 0 Å². The Labute approximate surface area is 102 Å². The first-order valence-electron chi connectivity index (χ1n) is 5.73. The largest absolute Gasteiger partial charge is 0.380 e. The summed E-state index contributed by atoms with van der Waals surface area (Å²) in [6.45, 7) is 9.41. The van der Waals surface area contributed by atoms with E-state index in [-0.39, 0.29) is 0 Å². The van der Waals surface area contributed by atoms with Gasteiger partial charge in [0.2, 0.25) is 0 Å². The van der Waals surface area contributed by atoms with Gasteiger partial charge < -0.3 is 10.1 Å². The summed E-state index contributed by atoms with van der Waals surface area (Å²) in [5.74, 6) is 0. The van der Waals surface area contributed by atoms with Crippen LogP contribution in [0.3, 0.4) is 0 Å². The van der Waals surface area contributed by atoms with E-state index >= 15 is 0 Å². The lowest BCUT2D eigenvalue weighted by molar-refractivity contribution is 0.139. The zero-order chi connectivity index (χ0) is 11.6. The van der Waals surface area contributed by atoms with Crippen LogP contribution in [0.4, 0.5) is 0 Å². The maximum absolute atomic E-state index is 5.46. The number of hydrogen-bond acceptors (Lipinski definition) is 3. The second-order valence-electron chi connectivity index (χ2n) is 3.95. The van der Waals surface area contributed by atoms with Crippen molar-refractivity contribution in [2.45, 2.75) is 19.8 Å². The second-order valence-corrected chi connectivity index (χ2v) is 4.73. The molecule has 0 aliphatic rings. The van der Waals surface area contributed by atoms with E-state index in [0.29, 0.717) is 0 Å². The Kier molecular flexibility index (Phi) is 7.14. The van der Waals surface area contributed by atoms with Gasteiger partial charge in [-0.05, 0) is 48.7 Å². The van der Waals surface area contributed by atoms with Crippen LogP contribution in [-0.4, -0.2) is 26.3 Å². The minimum absolute atomic E-state index is 0.789. The molecule has 0 bridgehead atoms. The van der Waals surface area contributed by atoms with Crippen molar-refractivity contribution in [3.8, 4) is 0 Å². The molecule has 1 rings (SSSR count). The predicted molar refractivity (Wildman–Crippen MR) is 71.1 cm³/mol. The van der Waals surface area contributed by atoms with Crippen LogP contribution >= 0.6 is 11.3 Å². The number of ether oxygens (including phenoxy) is 1. The maximum Gasteiger partial charge on any atom is 0.0591 e. The molecule has 0 aromatic carbocycles. The topological polar surface area (TPSA) is 21.3 Å². The third-order valence-electron chi connectivity index (χ3n) is 2.27. The van der Waals surface area contributed by atoms with Gasteiger partial charge in [-0.3, -0.25) is 0 Å². The maximum atomic E-state index is 5.46. The summed E-state index contributed by atoms with van der Waals surface area (Å²) < 4.78 is 5.46. The van der Waals surface area contributed by atoms with E-state index < -0.39 is 0 Å². The van der Waals surface area contributed by atoms with E-state index in [1.165, 1.54) is 11.1 Å². The molecule has 0 aliphatic carbocycles. The van der Waals surface area contributed by atoms with Crippen molar-refractivity contribution in [3.05, 3.63) is 34.5 Å². The van der Waals surface area contributed by atoms with Gasteiger partial charge in [-0.25, -0.2) is 0 Å². The van der Waals surface area contributed by atoms with E-state index in [1.807, 2.05) is 6.92 Å². The monoisotopic (exact) mass is 239 g/mol. The molecule has 0 saturated carbocycles. The Morgan fingerprint density at radius 1 is 1.44 bits per heavy atom. The number of thiophene rings is 1. The predicted octanol–water partition coefficient (Wildman–Crippen LogP) is 2.86. The van der Waals surface area contributed by atoms with Gasteiger partial charge in [0.05, 0.1) is 13.2 Å². The van der Waals surface area contributed by atoms with E-state index in [0.717, 1.165) is 39.1 Å². The summed E-state index contributed by atoms with van der Waals surface area (Å²) in [6, 6.07) is 2.18. The summed E-state index contributed by atoms with van der Waals surface area (Å²) in [6.07, 6.45) is 2.07. The number of nitrogens with one attached hydrogen (secondary N) is 1. The van der Waals surface area contributed by atoms with Crippen molar-refractivity contribution in [3.63, 3.8) is 0 Å². The molecule has 0 unspecified atom stereocenters. The molecule has 1 aromatic heterocycles. The molecule has 0 fully saturated rings. The van der Waals surface area contributed by atoms with Crippen LogP contribution in [0, 0.1) is 0 Å². The zero-order valence-electron chi connectivity index (χ0n) is 10.00. The quantitative estimate of drug-likeness (QED) is 0.528. The Bertz CT molecular complexity index is 282. The van der Waals surface area contributed by atoms with Gasteiger partial charge in [-0.1, -0.05) is 5.57 Å². The lowest BCUT2D eigenvalue weighted by Gasteiger charge is -2.05. The standard InChI is InChI=1S/C13H21NOS/c1-12(2)4-8-15-9-7-14-6-3-13-5-10-16-11-13/h5,10-11,14H,1,3-4,6-9H2,2H3. The molecule has 0 spiro atoms. The Morgan fingerprint density at radius 2 is 2.31 bits per heavy atom. The molecule has 0 aliphatic heterocycles. The van der Waals surface area contributed by atoms with Crippen molar-refractivity contribution in [1.29, 1.82) is 0 Å². The molecular formula is C13H21NOS. The summed E-state index contributed by atoms with van der Waals surface area (Å²) in [4.78, 5) is 0. The third kappa shape index (κ3) is 6.77. The summed E-state index contributed by atoms with van der Waals surface area (Å²) in [5, 5.41) is 7.69. The van der Waals surface area contributed by atoms with Crippen LogP contribution in [0.15, 0.2) is 29.0 Å². The van der Waals surface area contributed by atoms with Gasteiger partial charge in [0.25, 0.3) is 0 Å². The van der Waals surface area contributed by atoms with Gasteiger partial charge >= 0.3 is 0 Å². The third-order valence-corrected chi connectivity index (χ3v) is 3.00. The van der Waals surface area contributed by atoms with Crippen molar-refractivity contribution in [2.24, 2.45) is 0 Å². The molecule has 1 heterocycles. The normalized spacial score (nSPS) is 10.6. The molecule has 0 amide bonds. The molecule has 0 radical (unpaired) electrons. The summed E-state index contributed by atoms with van der Waals surface area (Å²) in [5.41, 5.74) is 2.60. The van der Waals surface area contributed by atoms with Crippen LogP contribution < -0.4 is 5.32 Å². The highest BCUT2D eigenvalue weighted by molar-refractivity contribution is 7.07. The van der Waals surface area contributed by atoms with E-state index in [2.05, 4.69) is 28.7 Å². The first-order chi connectivity index (χ1) is 7.79. The van der Waals surface area contributed by atoms with Gasteiger partial charge in [-0.2, -0.15) is 11.3 Å². The van der Waals surface area contributed by atoms with E-state index in [9.17, 15) is 0 Å². The first-order valence-corrected chi connectivity index (χ1v) is 6.67.